The Hall–Kier alpha value is -0.640. The van der Waals surface area contributed by atoms with Crippen molar-refractivity contribution in [2.75, 3.05) is 47.8 Å². The van der Waals surface area contributed by atoms with E-state index < -0.39 is 31.1 Å². The third kappa shape index (κ3) is 10.2. The largest absolute Gasteiger partial charge is 0.480 e. The number of hydrogen-bond acceptors (Lipinski definition) is 5. The summed E-state index contributed by atoms with van der Waals surface area (Å²) < 4.78 is 110. The first-order valence-electron chi connectivity index (χ1n) is 6.52. The summed E-state index contributed by atoms with van der Waals surface area (Å²) in [4.78, 5) is 2.23. The number of rotatable bonds is 6. The van der Waals surface area contributed by atoms with Gasteiger partial charge >= 0.3 is 11.0 Å². The zero-order valence-electron chi connectivity index (χ0n) is 14.2. The molecule has 0 bridgehead atoms. The van der Waals surface area contributed by atoms with E-state index in [4.69, 9.17) is 0 Å². The van der Waals surface area contributed by atoms with E-state index in [1.54, 1.807) is 0 Å². The SMILES string of the molecule is CC[N+](C)(C)CCN(C)C.O=S(=O)([N-]S(=O)(=O)C(F)(F)F)C(F)(F)F. The van der Waals surface area contributed by atoms with E-state index in [-0.39, 0.29) is 0 Å². The van der Waals surface area contributed by atoms with E-state index in [0.29, 0.717) is 0 Å². The zero-order valence-corrected chi connectivity index (χ0v) is 15.8. The highest BCUT2D eigenvalue weighted by Gasteiger charge is 2.46. The van der Waals surface area contributed by atoms with Gasteiger partial charge in [0, 0.05) is 6.54 Å². The fraction of sp³-hybridized carbons (Fsp3) is 1.00. The maximum atomic E-state index is 11.4. The van der Waals surface area contributed by atoms with Gasteiger partial charge in [-0.1, -0.05) is 0 Å². The van der Waals surface area contributed by atoms with Crippen molar-refractivity contribution in [2.24, 2.45) is 0 Å². The van der Waals surface area contributed by atoms with Crippen molar-refractivity contribution in [3.63, 3.8) is 0 Å². The van der Waals surface area contributed by atoms with Gasteiger partial charge in [-0.15, -0.1) is 0 Å². The number of hydrogen-bond donors (Lipinski definition) is 0. The molecule has 0 aliphatic carbocycles. The Kier molecular flexibility index (Phi) is 9.40. The van der Waals surface area contributed by atoms with Crippen LogP contribution in [0.5, 0.6) is 0 Å². The lowest BCUT2D eigenvalue weighted by Gasteiger charge is -2.29. The lowest BCUT2D eigenvalue weighted by atomic mass is 10.4. The standard InChI is InChI=1S/C8H21N2.C2F6NO4S2/c1-6-10(4,5)8-7-9(2)3;3-1(4,5)14(10,11)9-15(12,13)2(6,7)8/h6-8H2,1-5H3;/q+1;-1. The summed E-state index contributed by atoms with van der Waals surface area (Å²) in [6, 6.07) is 0. The van der Waals surface area contributed by atoms with Crippen LogP contribution in [0.3, 0.4) is 0 Å². The quantitative estimate of drug-likeness (QED) is 0.478. The molecule has 0 rings (SSSR count). The molecule has 0 atom stereocenters. The van der Waals surface area contributed by atoms with Crippen LogP contribution in [0, 0.1) is 0 Å². The molecule has 15 heteroatoms. The Morgan fingerprint density at radius 1 is 0.880 bits per heavy atom. The average Bonchev–Trinajstić information content (AvgIpc) is 2.33. The molecule has 0 radical (unpaired) electrons. The van der Waals surface area contributed by atoms with E-state index >= 15 is 0 Å². The maximum Gasteiger partial charge on any atom is 0.480 e. The monoisotopic (exact) mass is 425 g/mol. The van der Waals surface area contributed by atoms with Gasteiger partial charge in [0.25, 0.3) is 0 Å². The van der Waals surface area contributed by atoms with Crippen LogP contribution in [0.25, 0.3) is 4.13 Å². The van der Waals surface area contributed by atoms with E-state index in [1.165, 1.54) is 19.6 Å². The number of likely N-dealkylation sites (N-methyl/N-ethyl adjacent to an activating group) is 2. The van der Waals surface area contributed by atoms with Crippen molar-refractivity contribution in [3.8, 4) is 0 Å². The molecule has 0 aromatic carbocycles. The summed E-state index contributed by atoms with van der Waals surface area (Å²) in [5, 5.41) is 0. The predicted octanol–water partition coefficient (Wildman–Crippen LogP) is 1.70. The van der Waals surface area contributed by atoms with Crippen molar-refractivity contribution >= 4 is 20.0 Å². The molecule has 7 nitrogen and oxygen atoms in total. The van der Waals surface area contributed by atoms with Crippen LogP contribution in [0.1, 0.15) is 6.92 Å². The molecule has 0 aliphatic heterocycles. The van der Waals surface area contributed by atoms with Crippen LogP contribution < -0.4 is 0 Å². The molecule has 0 unspecified atom stereocenters. The van der Waals surface area contributed by atoms with Gasteiger partial charge < -0.3 is 13.5 Å². The molecule has 25 heavy (non-hydrogen) atoms. The lowest BCUT2D eigenvalue weighted by Crippen LogP contribution is -2.43. The summed E-state index contributed by atoms with van der Waals surface area (Å²) in [6.45, 7) is 5.87. The number of halogens is 6. The van der Waals surface area contributed by atoms with Gasteiger partial charge in [-0.3, -0.25) is 0 Å². The molecule has 154 valence electrons. The van der Waals surface area contributed by atoms with Crippen LogP contribution in [-0.2, 0) is 20.0 Å². The maximum absolute atomic E-state index is 11.4. The van der Waals surface area contributed by atoms with Crippen LogP contribution in [0.4, 0.5) is 26.3 Å². The molecule has 0 N–H and O–H groups in total. The number of nitrogens with zero attached hydrogens (tertiary/aromatic N) is 3. The Balaban J connectivity index is 0. The minimum Gasteiger partial charge on any atom is -0.421 e. The van der Waals surface area contributed by atoms with Gasteiger partial charge in [0.15, 0.2) is 20.0 Å². The van der Waals surface area contributed by atoms with Crippen molar-refractivity contribution in [2.45, 2.75) is 17.9 Å². The van der Waals surface area contributed by atoms with E-state index in [9.17, 15) is 43.2 Å². The Morgan fingerprint density at radius 2 is 1.20 bits per heavy atom. The van der Waals surface area contributed by atoms with Gasteiger partial charge in [-0.2, -0.15) is 26.3 Å². The Bertz CT molecular complexity index is 570. The highest BCUT2D eigenvalue weighted by Crippen LogP contribution is 2.36. The van der Waals surface area contributed by atoms with Crippen molar-refractivity contribution < 1.29 is 47.7 Å². The molecular weight excluding hydrogens is 404 g/mol. The highest BCUT2D eigenvalue weighted by molar-refractivity contribution is 8.13. The Labute approximate surface area is 143 Å². The molecular formula is C10H21F6N3O4S2. The number of alkyl halides is 6. The van der Waals surface area contributed by atoms with Gasteiger partial charge in [0.05, 0.1) is 27.2 Å². The second-order valence-electron chi connectivity index (χ2n) is 5.69. The third-order valence-corrected chi connectivity index (χ3v) is 5.53. The van der Waals surface area contributed by atoms with Gasteiger partial charge in [-0.05, 0) is 21.0 Å². The minimum absolute atomic E-state index is 0.778. The van der Waals surface area contributed by atoms with Gasteiger partial charge in [0.2, 0.25) is 0 Å². The van der Waals surface area contributed by atoms with E-state index in [2.05, 4.69) is 40.0 Å². The second-order valence-corrected chi connectivity index (χ2v) is 9.12. The first kappa shape index (κ1) is 26.6. The number of sulfonamides is 2. The fourth-order valence-electron chi connectivity index (χ4n) is 0.843. The first-order chi connectivity index (χ1) is 10.7. The molecule has 0 spiro atoms. The van der Waals surface area contributed by atoms with Crippen LogP contribution in [0.2, 0.25) is 0 Å². The number of quaternary nitrogens is 1. The summed E-state index contributed by atoms with van der Waals surface area (Å²) in [6.07, 6.45) is 0. The minimum atomic E-state index is -6.72. The van der Waals surface area contributed by atoms with E-state index in [1.807, 2.05) is 0 Å². The molecule has 0 aromatic rings. The summed E-state index contributed by atoms with van der Waals surface area (Å²) in [7, 11) is -4.67. The van der Waals surface area contributed by atoms with Crippen LogP contribution in [0.15, 0.2) is 0 Å². The fourth-order valence-corrected chi connectivity index (χ4v) is 2.55. The van der Waals surface area contributed by atoms with Crippen molar-refractivity contribution in [1.82, 2.24) is 4.90 Å². The normalized spacial score (nSPS) is 14.2. The van der Waals surface area contributed by atoms with Crippen molar-refractivity contribution in [1.29, 1.82) is 0 Å². The van der Waals surface area contributed by atoms with Gasteiger partial charge in [0.1, 0.15) is 0 Å². The molecule has 0 amide bonds. The predicted molar refractivity (Wildman–Crippen MR) is 79.4 cm³/mol. The topological polar surface area (TPSA) is 85.6 Å². The first-order valence-corrected chi connectivity index (χ1v) is 9.40. The average molecular weight is 425 g/mol. The Morgan fingerprint density at radius 3 is 1.40 bits per heavy atom. The summed E-state index contributed by atoms with van der Waals surface area (Å²) in [5.41, 5.74) is -12.4. The van der Waals surface area contributed by atoms with Gasteiger partial charge in [-0.25, -0.2) is 16.8 Å². The van der Waals surface area contributed by atoms with Crippen LogP contribution >= 0.6 is 0 Å². The molecule has 0 aromatic heterocycles. The second kappa shape index (κ2) is 8.83. The molecule has 0 heterocycles. The molecule has 0 saturated carbocycles. The summed E-state index contributed by atoms with van der Waals surface area (Å²) >= 11 is 0. The molecule has 0 saturated heterocycles. The van der Waals surface area contributed by atoms with Crippen molar-refractivity contribution in [3.05, 3.63) is 4.13 Å². The molecule has 0 fully saturated rings. The van der Waals surface area contributed by atoms with Crippen LogP contribution in [-0.4, -0.2) is 85.1 Å². The smallest absolute Gasteiger partial charge is 0.421 e. The molecule has 0 aliphatic rings. The summed E-state index contributed by atoms with van der Waals surface area (Å²) in [5.74, 6) is 0. The third-order valence-electron chi connectivity index (χ3n) is 2.79. The highest BCUT2D eigenvalue weighted by atomic mass is 32.3. The lowest BCUT2D eigenvalue weighted by molar-refractivity contribution is -0.887. The van der Waals surface area contributed by atoms with E-state index in [0.717, 1.165) is 8.61 Å². The zero-order chi connectivity index (χ0) is 20.9.